The Hall–Kier alpha value is -2.15. The molecular weight excluding hydrogens is 194 g/mol. The van der Waals surface area contributed by atoms with Crippen molar-refractivity contribution >= 4 is 12.3 Å². The van der Waals surface area contributed by atoms with Crippen LogP contribution in [-0.4, -0.2) is 19.4 Å². The molecule has 0 aliphatic rings. The molecule has 0 heterocycles. The zero-order valence-corrected chi connectivity index (χ0v) is 8.40. The van der Waals surface area contributed by atoms with Gasteiger partial charge >= 0.3 is 5.97 Å². The van der Waals surface area contributed by atoms with Crippen LogP contribution in [0.3, 0.4) is 0 Å². The van der Waals surface area contributed by atoms with Crippen molar-refractivity contribution in [3.8, 4) is 6.07 Å². The standard InChI is InChI=1S/C11H9NO3/c1-7-3-8(5-12)10(11(14)15-2)4-9(7)6-13/h3-4,6H,1-2H3. The van der Waals surface area contributed by atoms with Gasteiger partial charge in [-0.3, -0.25) is 4.79 Å². The van der Waals surface area contributed by atoms with E-state index in [9.17, 15) is 9.59 Å². The van der Waals surface area contributed by atoms with Gasteiger partial charge in [-0.2, -0.15) is 5.26 Å². The third-order valence-corrected chi connectivity index (χ3v) is 2.06. The summed E-state index contributed by atoms with van der Waals surface area (Å²) in [5.74, 6) is -0.616. The van der Waals surface area contributed by atoms with Crippen LogP contribution >= 0.6 is 0 Å². The summed E-state index contributed by atoms with van der Waals surface area (Å²) in [5.41, 5.74) is 1.38. The fraction of sp³-hybridized carbons (Fsp3) is 0.182. The van der Waals surface area contributed by atoms with Crippen LogP contribution in [0.2, 0.25) is 0 Å². The molecule has 0 aliphatic heterocycles. The second kappa shape index (κ2) is 4.38. The van der Waals surface area contributed by atoms with Gasteiger partial charge in [0, 0.05) is 5.56 Å². The van der Waals surface area contributed by atoms with Gasteiger partial charge in [-0.25, -0.2) is 4.79 Å². The number of aldehydes is 1. The summed E-state index contributed by atoms with van der Waals surface area (Å²) < 4.78 is 4.51. The van der Waals surface area contributed by atoms with E-state index in [1.165, 1.54) is 19.2 Å². The number of nitrogens with zero attached hydrogens (tertiary/aromatic N) is 1. The highest BCUT2D eigenvalue weighted by molar-refractivity contribution is 5.94. The molecule has 0 saturated heterocycles. The van der Waals surface area contributed by atoms with Gasteiger partial charge < -0.3 is 4.74 Å². The molecule has 0 spiro atoms. The third kappa shape index (κ3) is 2.02. The molecule has 15 heavy (non-hydrogen) atoms. The van der Waals surface area contributed by atoms with Crippen LogP contribution in [0.4, 0.5) is 0 Å². The zero-order valence-electron chi connectivity index (χ0n) is 8.40. The van der Waals surface area contributed by atoms with Crippen molar-refractivity contribution in [2.45, 2.75) is 6.92 Å². The Morgan fingerprint density at radius 3 is 2.67 bits per heavy atom. The van der Waals surface area contributed by atoms with E-state index in [1.54, 1.807) is 6.92 Å². The van der Waals surface area contributed by atoms with Gasteiger partial charge in [0.2, 0.25) is 0 Å². The highest BCUT2D eigenvalue weighted by atomic mass is 16.5. The van der Waals surface area contributed by atoms with E-state index in [0.29, 0.717) is 17.4 Å². The molecule has 0 N–H and O–H groups in total. The molecule has 4 nitrogen and oxygen atoms in total. The highest BCUT2D eigenvalue weighted by Gasteiger charge is 2.14. The lowest BCUT2D eigenvalue weighted by molar-refractivity contribution is 0.0600. The Labute approximate surface area is 87.1 Å². The summed E-state index contributed by atoms with van der Waals surface area (Å²) in [6.45, 7) is 1.70. The molecule has 1 rings (SSSR count). The zero-order chi connectivity index (χ0) is 11.4. The molecule has 0 atom stereocenters. The Kier molecular flexibility index (Phi) is 3.19. The van der Waals surface area contributed by atoms with Crippen molar-refractivity contribution < 1.29 is 14.3 Å². The average Bonchev–Trinajstić information content (AvgIpc) is 2.27. The molecular formula is C11H9NO3. The van der Waals surface area contributed by atoms with E-state index in [2.05, 4.69) is 4.74 Å². The minimum absolute atomic E-state index is 0.118. The Balaban J connectivity index is 3.43. The van der Waals surface area contributed by atoms with E-state index in [-0.39, 0.29) is 11.1 Å². The first-order valence-electron chi connectivity index (χ1n) is 4.22. The second-order valence-corrected chi connectivity index (χ2v) is 2.98. The van der Waals surface area contributed by atoms with Crippen LogP contribution in [0.5, 0.6) is 0 Å². The number of hydrogen-bond acceptors (Lipinski definition) is 4. The summed E-state index contributed by atoms with van der Waals surface area (Å²) in [5, 5.41) is 8.80. The minimum atomic E-state index is -0.616. The molecule has 1 aromatic rings. The van der Waals surface area contributed by atoms with Crippen LogP contribution in [0.25, 0.3) is 0 Å². The lowest BCUT2D eigenvalue weighted by Crippen LogP contribution is -2.06. The van der Waals surface area contributed by atoms with Crippen molar-refractivity contribution in [2.75, 3.05) is 7.11 Å². The fourth-order valence-electron chi connectivity index (χ4n) is 1.22. The Morgan fingerprint density at radius 1 is 1.53 bits per heavy atom. The molecule has 76 valence electrons. The number of hydrogen-bond donors (Lipinski definition) is 0. The van der Waals surface area contributed by atoms with E-state index < -0.39 is 5.97 Å². The summed E-state index contributed by atoms with van der Waals surface area (Å²) in [6.07, 6.45) is 0.642. The molecule has 4 heteroatoms. The van der Waals surface area contributed by atoms with E-state index >= 15 is 0 Å². The van der Waals surface area contributed by atoms with Gasteiger partial charge in [-0.1, -0.05) is 0 Å². The summed E-state index contributed by atoms with van der Waals surface area (Å²) in [7, 11) is 1.23. The number of methoxy groups -OCH3 is 1. The molecule has 0 aliphatic carbocycles. The van der Waals surface area contributed by atoms with Gasteiger partial charge in [0.25, 0.3) is 0 Å². The fourth-order valence-corrected chi connectivity index (χ4v) is 1.22. The first-order chi connectivity index (χ1) is 7.13. The van der Waals surface area contributed by atoms with Crippen molar-refractivity contribution in [1.29, 1.82) is 5.26 Å². The summed E-state index contributed by atoms with van der Waals surface area (Å²) >= 11 is 0. The van der Waals surface area contributed by atoms with Gasteiger partial charge in [-0.15, -0.1) is 0 Å². The topological polar surface area (TPSA) is 67.2 Å². The van der Waals surface area contributed by atoms with Crippen LogP contribution < -0.4 is 0 Å². The molecule has 1 aromatic carbocycles. The van der Waals surface area contributed by atoms with Crippen molar-refractivity contribution in [3.63, 3.8) is 0 Å². The number of ether oxygens (including phenoxy) is 1. The quantitative estimate of drug-likeness (QED) is 0.539. The van der Waals surface area contributed by atoms with Crippen LogP contribution in [0.1, 0.15) is 31.8 Å². The summed E-state index contributed by atoms with van der Waals surface area (Å²) in [6, 6.07) is 4.75. The predicted molar refractivity (Wildman–Crippen MR) is 52.6 cm³/mol. The number of benzene rings is 1. The number of carbonyl (C=O) groups is 2. The van der Waals surface area contributed by atoms with E-state index in [1.807, 2.05) is 6.07 Å². The lowest BCUT2D eigenvalue weighted by Gasteiger charge is -2.05. The highest BCUT2D eigenvalue weighted by Crippen LogP contribution is 2.15. The average molecular weight is 203 g/mol. The second-order valence-electron chi connectivity index (χ2n) is 2.98. The predicted octanol–water partition coefficient (Wildman–Crippen LogP) is 1.47. The maximum Gasteiger partial charge on any atom is 0.339 e. The van der Waals surface area contributed by atoms with Crippen molar-refractivity contribution in [2.24, 2.45) is 0 Å². The van der Waals surface area contributed by atoms with Crippen LogP contribution in [0.15, 0.2) is 12.1 Å². The number of esters is 1. The molecule has 0 aromatic heterocycles. The maximum atomic E-state index is 11.3. The van der Waals surface area contributed by atoms with Gasteiger partial charge in [0.1, 0.15) is 12.4 Å². The van der Waals surface area contributed by atoms with Crippen molar-refractivity contribution in [3.05, 3.63) is 34.4 Å². The van der Waals surface area contributed by atoms with Gasteiger partial charge in [-0.05, 0) is 24.6 Å². The van der Waals surface area contributed by atoms with Gasteiger partial charge in [0.05, 0.1) is 18.2 Å². The van der Waals surface area contributed by atoms with Crippen molar-refractivity contribution in [1.82, 2.24) is 0 Å². The SMILES string of the molecule is COC(=O)c1cc(C=O)c(C)cc1C#N. The lowest BCUT2D eigenvalue weighted by atomic mass is 10.0. The number of rotatable bonds is 2. The molecule has 0 saturated carbocycles. The first-order valence-corrected chi connectivity index (χ1v) is 4.22. The summed E-state index contributed by atoms with van der Waals surface area (Å²) in [4.78, 5) is 21.9. The number of carbonyl (C=O) groups excluding carboxylic acids is 2. The number of aryl methyl sites for hydroxylation is 1. The smallest absolute Gasteiger partial charge is 0.339 e. The monoisotopic (exact) mass is 203 g/mol. The van der Waals surface area contributed by atoms with Crippen LogP contribution in [-0.2, 0) is 4.74 Å². The van der Waals surface area contributed by atoms with Crippen LogP contribution in [0, 0.1) is 18.3 Å². The molecule has 0 bridgehead atoms. The largest absolute Gasteiger partial charge is 0.465 e. The van der Waals surface area contributed by atoms with E-state index in [0.717, 1.165) is 0 Å². The number of nitriles is 1. The van der Waals surface area contributed by atoms with Gasteiger partial charge in [0.15, 0.2) is 0 Å². The third-order valence-electron chi connectivity index (χ3n) is 2.06. The molecule has 0 amide bonds. The first kappa shape index (κ1) is 10.9. The minimum Gasteiger partial charge on any atom is -0.465 e. The molecule has 0 unspecified atom stereocenters. The maximum absolute atomic E-state index is 11.3. The molecule has 0 fully saturated rings. The van der Waals surface area contributed by atoms with E-state index in [4.69, 9.17) is 5.26 Å². The Morgan fingerprint density at radius 2 is 2.20 bits per heavy atom. The normalized spacial score (nSPS) is 9.13. The Bertz CT molecular complexity index is 458. The molecule has 0 radical (unpaired) electrons.